The van der Waals surface area contributed by atoms with Gasteiger partial charge in [-0.1, -0.05) is 13.0 Å². The minimum atomic E-state index is -0.604. The van der Waals surface area contributed by atoms with E-state index in [4.69, 9.17) is 4.42 Å². The molecule has 2 aromatic rings. The predicted molar refractivity (Wildman–Crippen MR) is 99.9 cm³/mol. The molecule has 0 unspecified atom stereocenters. The minimum Gasteiger partial charge on any atom is -0.423 e. The monoisotopic (exact) mass is 344 g/mol. The van der Waals surface area contributed by atoms with E-state index in [0.717, 1.165) is 43.3 Å². The molecule has 5 nitrogen and oxygen atoms in total. The van der Waals surface area contributed by atoms with Crippen LogP contribution in [0.25, 0.3) is 11.0 Å². The number of likely N-dealkylation sites (N-methyl/N-ethyl adjacent to an activating group) is 1. The van der Waals surface area contributed by atoms with Gasteiger partial charge in [0.1, 0.15) is 5.58 Å². The Morgan fingerprint density at radius 1 is 1.24 bits per heavy atom. The SMILES string of the molecule is CCc1ccc2oc(=O)cc(CN3CCC(O)(CN(C)C)CC3)c2c1. The van der Waals surface area contributed by atoms with Crippen LogP contribution in [0.15, 0.2) is 33.5 Å². The molecule has 1 fully saturated rings. The molecule has 5 heteroatoms. The molecule has 25 heavy (non-hydrogen) atoms. The quantitative estimate of drug-likeness (QED) is 0.843. The molecule has 1 aromatic heterocycles. The molecule has 0 radical (unpaired) electrons. The molecule has 0 spiro atoms. The number of benzene rings is 1. The Morgan fingerprint density at radius 2 is 1.96 bits per heavy atom. The lowest BCUT2D eigenvalue weighted by atomic mass is 9.90. The maximum Gasteiger partial charge on any atom is 0.336 e. The first-order chi connectivity index (χ1) is 11.9. The Hall–Kier alpha value is -1.69. The van der Waals surface area contributed by atoms with Gasteiger partial charge in [-0.2, -0.15) is 0 Å². The van der Waals surface area contributed by atoms with Gasteiger partial charge in [0.15, 0.2) is 0 Å². The van der Waals surface area contributed by atoms with Crippen molar-refractivity contribution in [1.29, 1.82) is 0 Å². The van der Waals surface area contributed by atoms with Crippen LogP contribution in [0.2, 0.25) is 0 Å². The Bertz CT molecular complexity index is 789. The van der Waals surface area contributed by atoms with Gasteiger partial charge in [0.05, 0.1) is 5.60 Å². The van der Waals surface area contributed by atoms with E-state index < -0.39 is 5.60 Å². The zero-order chi connectivity index (χ0) is 18.0. The molecule has 3 rings (SSSR count). The average Bonchev–Trinajstić information content (AvgIpc) is 2.56. The summed E-state index contributed by atoms with van der Waals surface area (Å²) in [6, 6.07) is 7.64. The third kappa shape index (κ3) is 4.29. The summed E-state index contributed by atoms with van der Waals surface area (Å²) in [5.74, 6) is 0. The number of fused-ring (bicyclic) bond motifs is 1. The van der Waals surface area contributed by atoms with Crippen molar-refractivity contribution in [3.63, 3.8) is 0 Å². The fraction of sp³-hybridized carbons (Fsp3) is 0.550. The molecule has 0 saturated carbocycles. The number of nitrogens with zero attached hydrogens (tertiary/aromatic N) is 2. The molecule has 1 N–H and O–H groups in total. The van der Waals surface area contributed by atoms with Crippen LogP contribution in [0.3, 0.4) is 0 Å². The van der Waals surface area contributed by atoms with E-state index in [1.165, 1.54) is 5.56 Å². The van der Waals surface area contributed by atoms with Crippen molar-refractivity contribution in [2.24, 2.45) is 0 Å². The van der Waals surface area contributed by atoms with E-state index in [0.29, 0.717) is 18.7 Å². The van der Waals surface area contributed by atoms with Gasteiger partial charge >= 0.3 is 5.63 Å². The molecular weight excluding hydrogens is 316 g/mol. The van der Waals surface area contributed by atoms with Gasteiger partial charge < -0.3 is 14.4 Å². The van der Waals surface area contributed by atoms with Crippen molar-refractivity contribution in [2.45, 2.75) is 38.3 Å². The molecule has 1 aliphatic heterocycles. The van der Waals surface area contributed by atoms with Crippen molar-refractivity contribution >= 4 is 11.0 Å². The first kappa shape index (κ1) is 18.1. The van der Waals surface area contributed by atoms with E-state index in [1.807, 2.05) is 31.1 Å². The zero-order valence-electron chi connectivity index (χ0n) is 15.4. The van der Waals surface area contributed by atoms with E-state index in [1.54, 1.807) is 6.07 Å². The standard InChI is InChI=1S/C20H28N2O3/c1-4-15-5-6-18-17(11-15)16(12-19(23)25-18)13-22-9-7-20(24,8-10-22)14-21(2)3/h5-6,11-12,24H,4,7-10,13-14H2,1-3H3. The van der Waals surface area contributed by atoms with Gasteiger partial charge in [-0.3, -0.25) is 4.90 Å². The Balaban J connectivity index is 1.78. The van der Waals surface area contributed by atoms with Gasteiger partial charge in [-0.25, -0.2) is 4.79 Å². The van der Waals surface area contributed by atoms with Gasteiger partial charge in [0.25, 0.3) is 0 Å². The van der Waals surface area contributed by atoms with E-state index in [-0.39, 0.29) is 5.63 Å². The minimum absolute atomic E-state index is 0.298. The summed E-state index contributed by atoms with van der Waals surface area (Å²) in [7, 11) is 3.98. The second kappa shape index (κ2) is 7.28. The highest BCUT2D eigenvalue weighted by atomic mass is 16.4. The lowest BCUT2D eigenvalue weighted by molar-refractivity contribution is -0.0387. The molecular formula is C20H28N2O3. The summed E-state index contributed by atoms with van der Waals surface area (Å²) in [6.45, 7) is 5.20. The molecule has 136 valence electrons. The number of hydrogen-bond acceptors (Lipinski definition) is 5. The molecule has 2 heterocycles. The number of likely N-dealkylation sites (tertiary alicyclic amines) is 1. The highest BCUT2D eigenvalue weighted by Gasteiger charge is 2.32. The molecule has 1 aromatic carbocycles. The third-order valence-electron chi connectivity index (χ3n) is 5.09. The predicted octanol–water partition coefficient (Wildman–Crippen LogP) is 2.24. The van der Waals surface area contributed by atoms with Gasteiger partial charge in [-0.05, 0) is 56.6 Å². The summed E-state index contributed by atoms with van der Waals surface area (Å²) >= 11 is 0. The van der Waals surface area contributed by atoms with Crippen molar-refractivity contribution < 1.29 is 9.52 Å². The van der Waals surface area contributed by atoms with E-state index >= 15 is 0 Å². The second-order valence-corrected chi connectivity index (χ2v) is 7.51. The summed E-state index contributed by atoms with van der Waals surface area (Å²) in [5, 5.41) is 11.7. The van der Waals surface area contributed by atoms with Crippen LogP contribution >= 0.6 is 0 Å². The van der Waals surface area contributed by atoms with Gasteiger partial charge in [-0.15, -0.1) is 0 Å². The number of rotatable bonds is 5. The number of aryl methyl sites for hydroxylation is 1. The lowest BCUT2D eigenvalue weighted by Crippen LogP contribution is -2.49. The first-order valence-electron chi connectivity index (χ1n) is 9.04. The average molecular weight is 344 g/mol. The van der Waals surface area contributed by atoms with E-state index in [2.05, 4.69) is 17.9 Å². The Morgan fingerprint density at radius 3 is 2.60 bits per heavy atom. The fourth-order valence-corrected chi connectivity index (χ4v) is 3.74. The summed E-state index contributed by atoms with van der Waals surface area (Å²) < 4.78 is 5.35. The Kier molecular flexibility index (Phi) is 5.27. The van der Waals surface area contributed by atoms with Crippen molar-refractivity contribution in [1.82, 2.24) is 9.80 Å². The zero-order valence-corrected chi connectivity index (χ0v) is 15.4. The maximum atomic E-state index is 11.9. The maximum absolute atomic E-state index is 11.9. The van der Waals surface area contributed by atoms with Crippen molar-refractivity contribution in [3.05, 3.63) is 45.8 Å². The number of hydrogen-bond donors (Lipinski definition) is 1. The largest absolute Gasteiger partial charge is 0.423 e. The van der Waals surface area contributed by atoms with Crippen LogP contribution in [0.1, 0.15) is 30.9 Å². The topological polar surface area (TPSA) is 56.9 Å². The second-order valence-electron chi connectivity index (χ2n) is 7.51. The van der Waals surface area contributed by atoms with Gasteiger partial charge in [0.2, 0.25) is 0 Å². The molecule has 0 amide bonds. The molecule has 0 aliphatic carbocycles. The Labute approximate surface area is 148 Å². The molecule has 1 aliphatic rings. The van der Waals surface area contributed by atoms with Crippen LogP contribution < -0.4 is 5.63 Å². The highest BCUT2D eigenvalue weighted by molar-refractivity contribution is 5.80. The van der Waals surface area contributed by atoms with Crippen molar-refractivity contribution in [2.75, 3.05) is 33.7 Å². The highest BCUT2D eigenvalue weighted by Crippen LogP contribution is 2.26. The summed E-state index contributed by atoms with van der Waals surface area (Å²) in [6.07, 6.45) is 2.46. The van der Waals surface area contributed by atoms with Crippen LogP contribution in [0.5, 0.6) is 0 Å². The molecule has 0 bridgehead atoms. The van der Waals surface area contributed by atoms with Crippen LogP contribution in [0, 0.1) is 0 Å². The van der Waals surface area contributed by atoms with Crippen LogP contribution in [0.4, 0.5) is 0 Å². The van der Waals surface area contributed by atoms with Gasteiger partial charge in [0, 0.05) is 37.6 Å². The first-order valence-corrected chi connectivity index (χ1v) is 9.04. The fourth-order valence-electron chi connectivity index (χ4n) is 3.74. The van der Waals surface area contributed by atoms with Crippen LogP contribution in [-0.4, -0.2) is 54.2 Å². The number of piperidine rings is 1. The molecule has 0 atom stereocenters. The lowest BCUT2D eigenvalue weighted by Gasteiger charge is -2.39. The summed E-state index contributed by atoms with van der Waals surface area (Å²) in [4.78, 5) is 16.3. The van der Waals surface area contributed by atoms with Crippen molar-refractivity contribution in [3.8, 4) is 0 Å². The number of aliphatic hydroxyl groups is 1. The summed E-state index contributed by atoms with van der Waals surface area (Å²) in [5.41, 5.74) is 2.00. The third-order valence-corrected chi connectivity index (χ3v) is 5.09. The molecule has 1 saturated heterocycles. The smallest absolute Gasteiger partial charge is 0.336 e. The van der Waals surface area contributed by atoms with Crippen LogP contribution in [-0.2, 0) is 13.0 Å². The normalized spacial score (nSPS) is 18.1. The van der Waals surface area contributed by atoms with E-state index in [9.17, 15) is 9.90 Å².